The molecule has 0 aromatic heterocycles. The topological polar surface area (TPSA) is 42.5 Å². The van der Waals surface area contributed by atoms with Crippen LogP contribution in [0.25, 0.3) is 0 Å². The lowest BCUT2D eigenvalue weighted by Gasteiger charge is -2.19. The van der Waals surface area contributed by atoms with Crippen LogP contribution in [0.1, 0.15) is 6.92 Å². The molecule has 72 valence electrons. The molecule has 0 aromatic carbocycles. The van der Waals surface area contributed by atoms with Crippen LogP contribution in [0.2, 0.25) is 0 Å². The molecule has 0 aromatic rings. The second kappa shape index (κ2) is 6.37. The van der Waals surface area contributed by atoms with E-state index in [1.165, 1.54) is 0 Å². The van der Waals surface area contributed by atoms with Crippen LogP contribution in [0.5, 0.6) is 0 Å². The van der Waals surface area contributed by atoms with Gasteiger partial charge in [0.15, 0.2) is 0 Å². The second-order valence-corrected chi connectivity index (χ2v) is 2.99. The van der Waals surface area contributed by atoms with E-state index in [9.17, 15) is 0 Å². The molecule has 0 amide bonds. The van der Waals surface area contributed by atoms with Crippen molar-refractivity contribution >= 4 is 0 Å². The lowest BCUT2D eigenvalue weighted by Crippen LogP contribution is -2.46. The van der Waals surface area contributed by atoms with Gasteiger partial charge in [-0.05, 0) is 6.92 Å². The Morgan fingerprint density at radius 2 is 1.92 bits per heavy atom. The Morgan fingerprint density at radius 3 is 2.17 bits per heavy atom. The smallest absolute Gasteiger partial charge is 0.146 e. The fourth-order valence-corrected chi connectivity index (χ4v) is 1.09. The first-order valence-corrected chi connectivity index (χ1v) is 4.49. The first-order valence-electron chi connectivity index (χ1n) is 4.49. The summed E-state index contributed by atoms with van der Waals surface area (Å²) in [5.74, 6) is 0. The number of hydrogen-bond acceptors (Lipinski definition) is 4. The van der Waals surface area contributed by atoms with Gasteiger partial charge >= 0.3 is 0 Å². The van der Waals surface area contributed by atoms with Crippen molar-refractivity contribution in [2.75, 3.05) is 39.6 Å². The van der Waals surface area contributed by atoms with Gasteiger partial charge in [0.1, 0.15) is 6.79 Å². The fraction of sp³-hybridized carbons (Fsp3) is 1.00. The van der Waals surface area contributed by atoms with Crippen molar-refractivity contribution in [3.8, 4) is 0 Å². The van der Waals surface area contributed by atoms with E-state index in [0.717, 1.165) is 32.8 Å². The first kappa shape index (κ1) is 9.92. The number of ether oxygens (including phenoxy) is 2. The van der Waals surface area contributed by atoms with Gasteiger partial charge in [-0.2, -0.15) is 0 Å². The largest absolute Gasteiger partial charge is 0.353 e. The van der Waals surface area contributed by atoms with E-state index in [1.807, 2.05) is 0 Å². The molecular formula is C8H18N2O2. The zero-order valence-electron chi connectivity index (χ0n) is 7.64. The molecule has 2 saturated heterocycles. The van der Waals surface area contributed by atoms with E-state index in [1.54, 1.807) is 0 Å². The summed E-state index contributed by atoms with van der Waals surface area (Å²) < 4.78 is 9.44. The molecule has 1 atom stereocenters. The van der Waals surface area contributed by atoms with Crippen molar-refractivity contribution in [2.24, 2.45) is 0 Å². The number of nitrogens with one attached hydrogen (secondary N) is 2. The van der Waals surface area contributed by atoms with E-state index in [0.29, 0.717) is 12.8 Å². The summed E-state index contributed by atoms with van der Waals surface area (Å²) in [6.07, 6.45) is 0. The number of piperazine rings is 1. The van der Waals surface area contributed by atoms with Gasteiger partial charge in [0.25, 0.3) is 0 Å². The van der Waals surface area contributed by atoms with Crippen molar-refractivity contribution in [2.45, 2.75) is 13.0 Å². The summed E-state index contributed by atoms with van der Waals surface area (Å²) >= 11 is 0. The fourth-order valence-electron chi connectivity index (χ4n) is 1.09. The first-order chi connectivity index (χ1) is 5.89. The van der Waals surface area contributed by atoms with Crippen molar-refractivity contribution in [1.29, 1.82) is 0 Å². The van der Waals surface area contributed by atoms with E-state index in [4.69, 9.17) is 9.47 Å². The minimum absolute atomic E-state index is 0.500. The minimum atomic E-state index is 0.500. The van der Waals surface area contributed by atoms with Gasteiger partial charge in [0, 0.05) is 25.7 Å². The van der Waals surface area contributed by atoms with E-state index in [-0.39, 0.29) is 0 Å². The highest BCUT2D eigenvalue weighted by Crippen LogP contribution is 1.85. The lowest BCUT2D eigenvalue weighted by atomic mass is 10.3. The highest BCUT2D eigenvalue weighted by atomic mass is 16.7. The summed E-state index contributed by atoms with van der Waals surface area (Å²) in [6, 6.07) is 0.675. The molecule has 12 heavy (non-hydrogen) atoms. The van der Waals surface area contributed by atoms with Crippen LogP contribution < -0.4 is 10.6 Å². The molecule has 4 heteroatoms. The molecule has 0 radical (unpaired) electrons. The average Bonchev–Trinajstić information content (AvgIpc) is 2.62. The van der Waals surface area contributed by atoms with E-state index < -0.39 is 0 Å². The molecule has 2 rings (SSSR count). The predicted octanol–water partition coefficient (Wildman–Crippen LogP) is -0.442. The van der Waals surface area contributed by atoms with Gasteiger partial charge in [-0.25, -0.2) is 0 Å². The molecule has 2 aliphatic rings. The van der Waals surface area contributed by atoms with Crippen LogP contribution in [0.3, 0.4) is 0 Å². The monoisotopic (exact) mass is 174 g/mol. The van der Waals surface area contributed by atoms with Gasteiger partial charge in [-0.15, -0.1) is 0 Å². The van der Waals surface area contributed by atoms with Crippen molar-refractivity contribution in [1.82, 2.24) is 10.6 Å². The Labute approximate surface area is 73.6 Å². The predicted molar refractivity (Wildman–Crippen MR) is 47.1 cm³/mol. The second-order valence-electron chi connectivity index (χ2n) is 2.99. The molecule has 2 N–H and O–H groups in total. The van der Waals surface area contributed by atoms with Crippen LogP contribution in [-0.2, 0) is 9.47 Å². The van der Waals surface area contributed by atoms with Crippen LogP contribution in [0, 0.1) is 0 Å². The highest BCUT2D eigenvalue weighted by molar-refractivity contribution is 4.69. The Balaban J connectivity index is 0.000000127. The van der Waals surface area contributed by atoms with Crippen molar-refractivity contribution in [3.05, 3.63) is 0 Å². The average molecular weight is 174 g/mol. The maximum absolute atomic E-state index is 4.72. The van der Waals surface area contributed by atoms with Gasteiger partial charge in [-0.1, -0.05) is 0 Å². The Kier molecular flexibility index (Phi) is 5.27. The van der Waals surface area contributed by atoms with Crippen molar-refractivity contribution in [3.63, 3.8) is 0 Å². The summed E-state index contributed by atoms with van der Waals surface area (Å²) in [5.41, 5.74) is 0. The maximum Gasteiger partial charge on any atom is 0.146 e. The van der Waals surface area contributed by atoms with Gasteiger partial charge in [0.05, 0.1) is 13.2 Å². The maximum atomic E-state index is 4.72. The quantitative estimate of drug-likeness (QED) is 0.522. The van der Waals surface area contributed by atoms with Gasteiger partial charge in [0.2, 0.25) is 0 Å². The zero-order chi connectivity index (χ0) is 8.65. The molecule has 2 aliphatic heterocycles. The molecule has 2 fully saturated rings. The zero-order valence-corrected chi connectivity index (χ0v) is 7.64. The summed E-state index contributed by atoms with van der Waals surface area (Å²) in [6.45, 7) is 7.62. The molecule has 2 heterocycles. The molecule has 0 bridgehead atoms. The number of hydrogen-bond donors (Lipinski definition) is 2. The molecule has 4 nitrogen and oxygen atoms in total. The Bertz CT molecular complexity index is 93.6. The third kappa shape index (κ3) is 4.66. The normalized spacial score (nSPS) is 29.2. The van der Waals surface area contributed by atoms with E-state index in [2.05, 4.69) is 17.6 Å². The van der Waals surface area contributed by atoms with Crippen molar-refractivity contribution < 1.29 is 9.47 Å². The van der Waals surface area contributed by atoms with Crippen LogP contribution in [-0.4, -0.2) is 45.7 Å². The minimum Gasteiger partial charge on any atom is -0.353 e. The van der Waals surface area contributed by atoms with Crippen LogP contribution >= 0.6 is 0 Å². The molecular weight excluding hydrogens is 156 g/mol. The Hall–Kier alpha value is -0.160. The summed E-state index contributed by atoms with van der Waals surface area (Å²) in [7, 11) is 0. The molecule has 0 spiro atoms. The third-order valence-electron chi connectivity index (χ3n) is 1.78. The summed E-state index contributed by atoms with van der Waals surface area (Å²) in [5, 5.41) is 6.59. The molecule has 0 saturated carbocycles. The molecule has 0 aliphatic carbocycles. The van der Waals surface area contributed by atoms with Gasteiger partial charge in [-0.3, -0.25) is 0 Å². The lowest BCUT2D eigenvalue weighted by molar-refractivity contribution is 0.0692. The molecule has 1 unspecified atom stereocenters. The summed E-state index contributed by atoms with van der Waals surface area (Å²) in [4.78, 5) is 0. The Morgan fingerprint density at radius 1 is 1.17 bits per heavy atom. The van der Waals surface area contributed by atoms with Crippen LogP contribution in [0.15, 0.2) is 0 Å². The van der Waals surface area contributed by atoms with E-state index >= 15 is 0 Å². The van der Waals surface area contributed by atoms with Gasteiger partial charge < -0.3 is 20.1 Å². The highest BCUT2D eigenvalue weighted by Gasteiger charge is 2.03. The number of rotatable bonds is 0. The third-order valence-corrected chi connectivity index (χ3v) is 1.78. The van der Waals surface area contributed by atoms with Crippen LogP contribution in [0.4, 0.5) is 0 Å². The SMILES string of the molecule is C1COCO1.CC1CNCCN1. The standard InChI is InChI=1S/C5H12N2.C3H6O2/c1-5-4-6-2-3-7-5;1-2-5-3-4-1/h5-7H,2-4H2,1H3;1-3H2.